The quantitative estimate of drug-likeness (QED) is 0.727. The minimum atomic E-state index is -0.299. The van der Waals surface area contributed by atoms with Gasteiger partial charge in [0.1, 0.15) is 5.75 Å². The van der Waals surface area contributed by atoms with Gasteiger partial charge >= 0.3 is 0 Å². The second-order valence-electron chi connectivity index (χ2n) is 5.45. The zero-order valence-corrected chi connectivity index (χ0v) is 13.9. The summed E-state index contributed by atoms with van der Waals surface area (Å²) in [5.41, 5.74) is 2.16. The van der Waals surface area contributed by atoms with E-state index in [1.54, 1.807) is 12.1 Å². The number of ether oxygens (including phenoxy) is 1. The Morgan fingerprint density at radius 1 is 1.12 bits per heavy atom. The molecule has 0 aliphatic carbocycles. The zero-order valence-electron chi connectivity index (χ0n) is 13.9. The SMILES string of the molecule is Cc1ccc(C)c(OCCC(=O)NCCNC(=O)c2ccco2)c1. The summed E-state index contributed by atoms with van der Waals surface area (Å²) in [5.74, 6) is 0.636. The van der Waals surface area contributed by atoms with E-state index < -0.39 is 0 Å². The van der Waals surface area contributed by atoms with Gasteiger partial charge in [-0.1, -0.05) is 12.1 Å². The van der Waals surface area contributed by atoms with Crippen LogP contribution in [0.25, 0.3) is 0 Å². The van der Waals surface area contributed by atoms with Crippen LogP contribution >= 0.6 is 0 Å². The number of rotatable bonds is 8. The average Bonchev–Trinajstić information content (AvgIpc) is 3.09. The molecule has 1 heterocycles. The molecule has 0 aliphatic rings. The smallest absolute Gasteiger partial charge is 0.287 e. The maximum absolute atomic E-state index is 11.7. The minimum absolute atomic E-state index is 0.118. The highest BCUT2D eigenvalue weighted by molar-refractivity contribution is 5.91. The molecular formula is C18H22N2O4. The van der Waals surface area contributed by atoms with Gasteiger partial charge in [-0.15, -0.1) is 0 Å². The zero-order chi connectivity index (χ0) is 17.4. The molecule has 2 aromatic rings. The van der Waals surface area contributed by atoms with E-state index in [0.29, 0.717) is 19.7 Å². The molecule has 2 N–H and O–H groups in total. The van der Waals surface area contributed by atoms with Crippen LogP contribution in [0.4, 0.5) is 0 Å². The lowest BCUT2D eigenvalue weighted by molar-refractivity contribution is -0.121. The van der Waals surface area contributed by atoms with Gasteiger partial charge in [-0.3, -0.25) is 9.59 Å². The summed E-state index contributed by atoms with van der Waals surface area (Å²) in [6.07, 6.45) is 1.70. The fourth-order valence-corrected chi connectivity index (χ4v) is 2.08. The standard InChI is InChI=1S/C18H22N2O4/c1-13-5-6-14(2)16(12-13)24-11-7-17(21)19-8-9-20-18(22)15-4-3-10-23-15/h3-6,10,12H,7-9,11H2,1-2H3,(H,19,21)(H,20,22). The maximum atomic E-state index is 11.7. The Bertz CT molecular complexity index is 680. The van der Waals surface area contributed by atoms with Crippen LogP contribution in [0.1, 0.15) is 28.1 Å². The molecule has 0 fully saturated rings. The molecule has 0 saturated heterocycles. The molecule has 0 atom stereocenters. The van der Waals surface area contributed by atoms with Crippen molar-refractivity contribution in [3.8, 4) is 5.75 Å². The van der Waals surface area contributed by atoms with Gasteiger partial charge in [-0.2, -0.15) is 0 Å². The van der Waals surface area contributed by atoms with Gasteiger partial charge in [0.15, 0.2) is 5.76 Å². The number of hydrogen-bond donors (Lipinski definition) is 2. The summed E-state index contributed by atoms with van der Waals surface area (Å²) in [7, 11) is 0. The average molecular weight is 330 g/mol. The monoisotopic (exact) mass is 330 g/mol. The molecule has 1 aromatic heterocycles. The van der Waals surface area contributed by atoms with Gasteiger partial charge in [-0.05, 0) is 43.2 Å². The van der Waals surface area contributed by atoms with E-state index in [1.165, 1.54) is 6.26 Å². The first kappa shape index (κ1) is 17.6. The molecular weight excluding hydrogens is 308 g/mol. The van der Waals surface area contributed by atoms with Crippen molar-refractivity contribution >= 4 is 11.8 Å². The Balaban J connectivity index is 1.60. The molecule has 0 unspecified atom stereocenters. The Morgan fingerprint density at radius 3 is 2.67 bits per heavy atom. The fraction of sp³-hybridized carbons (Fsp3) is 0.333. The highest BCUT2D eigenvalue weighted by Crippen LogP contribution is 2.19. The van der Waals surface area contributed by atoms with Crippen molar-refractivity contribution in [3.63, 3.8) is 0 Å². The fourth-order valence-electron chi connectivity index (χ4n) is 2.08. The second-order valence-corrected chi connectivity index (χ2v) is 5.45. The third-order valence-corrected chi connectivity index (χ3v) is 3.41. The highest BCUT2D eigenvalue weighted by Gasteiger charge is 2.07. The van der Waals surface area contributed by atoms with Crippen LogP contribution in [0, 0.1) is 13.8 Å². The van der Waals surface area contributed by atoms with Gasteiger partial charge < -0.3 is 19.8 Å². The first-order valence-electron chi connectivity index (χ1n) is 7.84. The molecule has 0 radical (unpaired) electrons. The normalized spacial score (nSPS) is 10.2. The number of carbonyl (C=O) groups is 2. The number of hydrogen-bond acceptors (Lipinski definition) is 4. The summed E-state index contributed by atoms with van der Waals surface area (Å²) in [6.45, 7) is 4.97. The van der Waals surface area contributed by atoms with Crippen LogP contribution in [0.5, 0.6) is 5.75 Å². The highest BCUT2D eigenvalue weighted by atomic mass is 16.5. The van der Waals surface area contributed by atoms with Gasteiger partial charge in [0.05, 0.1) is 19.3 Å². The topological polar surface area (TPSA) is 80.6 Å². The molecule has 0 spiro atoms. The lowest BCUT2D eigenvalue weighted by atomic mass is 10.1. The van der Waals surface area contributed by atoms with E-state index >= 15 is 0 Å². The lowest BCUT2D eigenvalue weighted by Crippen LogP contribution is -2.35. The molecule has 0 bridgehead atoms. The van der Waals surface area contributed by atoms with Crippen molar-refractivity contribution in [2.24, 2.45) is 0 Å². The predicted molar refractivity (Wildman–Crippen MR) is 90.1 cm³/mol. The van der Waals surface area contributed by atoms with Crippen molar-refractivity contribution in [1.29, 1.82) is 0 Å². The van der Waals surface area contributed by atoms with Crippen LogP contribution in [-0.2, 0) is 4.79 Å². The summed E-state index contributed by atoms with van der Waals surface area (Å²) in [5, 5.41) is 5.39. The van der Waals surface area contributed by atoms with Crippen LogP contribution in [-0.4, -0.2) is 31.5 Å². The molecule has 6 nitrogen and oxygen atoms in total. The van der Waals surface area contributed by atoms with Gasteiger partial charge in [0.25, 0.3) is 5.91 Å². The van der Waals surface area contributed by atoms with E-state index in [1.807, 2.05) is 32.0 Å². The lowest BCUT2D eigenvalue weighted by Gasteiger charge is -2.10. The first-order valence-corrected chi connectivity index (χ1v) is 7.84. The van der Waals surface area contributed by atoms with Crippen LogP contribution in [0.3, 0.4) is 0 Å². The Labute approximate surface area is 141 Å². The van der Waals surface area contributed by atoms with Crippen molar-refractivity contribution in [2.45, 2.75) is 20.3 Å². The van der Waals surface area contributed by atoms with Crippen molar-refractivity contribution in [2.75, 3.05) is 19.7 Å². The van der Waals surface area contributed by atoms with Crippen LogP contribution in [0.15, 0.2) is 41.0 Å². The molecule has 0 aliphatic heterocycles. The summed E-state index contributed by atoms with van der Waals surface area (Å²) in [6, 6.07) is 9.20. The number of amides is 2. The molecule has 1 aromatic carbocycles. The molecule has 2 rings (SSSR count). The second kappa shape index (κ2) is 8.76. The van der Waals surface area contributed by atoms with Crippen molar-refractivity contribution < 1.29 is 18.7 Å². The Hall–Kier alpha value is -2.76. The molecule has 0 saturated carbocycles. The summed E-state index contributed by atoms with van der Waals surface area (Å²) >= 11 is 0. The number of benzene rings is 1. The van der Waals surface area contributed by atoms with Gasteiger partial charge in [0.2, 0.25) is 5.91 Å². The molecule has 2 amide bonds. The molecule has 128 valence electrons. The number of carbonyl (C=O) groups excluding carboxylic acids is 2. The van der Waals surface area contributed by atoms with E-state index in [-0.39, 0.29) is 24.0 Å². The van der Waals surface area contributed by atoms with Crippen LogP contribution < -0.4 is 15.4 Å². The van der Waals surface area contributed by atoms with Gasteiger partial charge in [-0.25, -0.2) is 0 Å². The third-order valence-electron chi connectivity index (χ3n) is 3.41. The van der Waals surface area contributed by atoms with E-state index in [9.17, 15) is 9.59 Å². The predicted octanol–water partition coefficient (Wildman–Crippen LogP) is 2.21. The van der Waals surface area contributed by atoms with Crippen LogP contribution in [0.2, 0.25) is 0 Å². The number of aryl methyl sites for hydroxylation is 2. The summed E-state index contributed by atoms with van der Waals surface area (Å²) in [4.78, 5) is 23.3. The molecule has 6 heteroatoms. The van der Waals surface area contributed by atoms with Gasteiger partial charge in [0, 0.05) is 13.1 Å². The summed E-state index contributed by atoms with van der Waals surface area (Å²) < 4.78 is 10.6. The molecule has 24 heavy (non-hydrogen) atoms. The Morgan fingerprint density at radius 2 is 1.92 bits per heavy atom. The largest absolute Gasteiger partial charge is 0.493 e. The van der Waals surface area contributed by atoms with E-state index in [2.05, 4.69) is 10.6 Å². The minimum Gasteiger partial charge on any atom is -0.493 e. The van der Waals surface area contributed by atoms with E-state index in [4.69, 9.17) is 9.15 Å². The Kier molecular flexibility index (Phi) is 6.42. The first-order chi connectivity index (χ1) is 11.6. The number of furan rings is 1. The van der Waals surface area contributed by atoms with Crippen molar-refractivity contribution in [1.82, 2.24) is 10.6 Å². The van der Waals surface area contributed by atoms with Crippen molar-refractivity contribution in [3.05, 3.63) is 53.5 Å². The number of nitrogens with one attached hydrogen (secondary N) is 2. The maximum Gasteiger partial charge on any atom is 0.287 e. The third kappa shape index (κ3) is 5.46. The van der Waals surface area contributed by atoms with E-state index in [0.717, 1.165) is 16.9 Å².